The number of carbonyl (C=O) groups excluding carboxylic acids is 2. The molecule has 1 saturated carbocycles. The fraction of sp³-hybridized carbons (Fsp3) is 0.652. The highest BCUT2D eigenvalue weighted by Crippen LogP contribution is 2.35. The van der Waals surface area contributed by atoms with E-state index < -0.39 is 5.82 Å². The number of alkyl halides is 1. The number of hydrogen-bond donors (Lipinski definition) is 1. The molecule has 2 atom stereocenters. The number of ketones is 1. The molecule has 2 unspecified atom stereocenters. The van der Waals surface area contributed by atoms with Crippen LogP contribution in [0.2, 0.25) is 0 Å². The van der Waals surface area contributed by atoms with Gasteiger partial charge in [0.25, 0.3) is 0 Å². The minimum absolute atomic E-state index is 0.0305. The van der Waals surface area contributed by atoms with Crippen LogP contribution in [-0.2, 0) is 4.79 Å². The molecule has 1 aromatic carbocycles. The number of hydrogen-bond acceptors (Lipinski definition) is 5. The van der Waals surface area contributed by atoms with E-state index in [0.29, 0.717) is 6.04 Å². The van der Waals surface area contributed by atoms with E-state index in [-0.39, 0.29) is 46.1 Å². The lowest BCUT2D eigenvalue weighted by Crippen LogP contribution is -2.47. The maximum atomic E-state index is 13.8. The molecule has 1 saturated heterocycles. The Labute approximate surface area is 193 Å². The first kappa shape index (κ1) is 24.3. The first-order valence-corrected chi connectivity index (χ1v) is 12.6. The Morgan fingerprint density at radius 2 is 1.84 bits per heavy atom. The predicted molar refractivity (Wildman–Crippen MR) is 123 cm³/mol. The Morgan fingerprint density at radius 3 is 2.48 bits per heavy atom. The first-order chi connectivity index (χ1) is 15.0. The van der Waals surface area contributed by atoms with Crippen molar-refractivity contribution in [3.8, 4) is 5.75 Å². The second kappa shape index (κ2) is 12.1. The van der Waals surface area contributed by atoms with Crippen LogP contribution in [0.3, 0.4) is 0 Å². The van der Waals surface area contributed by atoms with Crippen LogP contribution in [0, 0.1) is 5.82 Å². The summed E-state index contributed by atoms with van der Waals surface area (Å²) < 4.78 is 18.7. The minimum Gasteiger partial charge on any atom is -0.494 e. The van der Waals surface area contributed by atoms with Crippen LogP contribution in [0.5, 0.6) is 5.75 Å². The van der Waals surface area contributed by atoms with E-state index in [4.69, 9.17) is 16.3 Å². The summed E-state index contributed by atoms with van der Waals surface area (Å²) >= 11 is 7.99. The molecule has 0 aromatic heterocycles. The number of thioether (sulfide) groups is 1. The summed E-state index contributed by atoms with van der Waals surface area (Å²) in [6, 6.07) is 4.53. The van der Waals surface area contributed by atoms with Crippen molar-refractivity contribution in [1.82, 2.24) is 10.2 Å². The van der Waals surface area contributed by atoms with E-state index in [2.05, 4.69) is 10.2 Å². The average Bonchev–Trinajstić information content (AvgIpc) is 3.17. The lowest BCUT2D eigenvalue weighted by molar-refractivity contribution is -0.122. The van der Waals surface area contributed by atoms with Crippen LogP contribution >= 0.6 is 23.4 Å². The molecule has 0 spiro atoms. The Morgan fingerprint density at radius 1 is 1.16 bits per heavy atom. The zero-order chi connectivity index (χ0) is 22.2. The smallest absolute Gasteiger partial charge is 0.222 e. The van der Waals surface area contributed by atoms with Gasteiger partial charge in [-0.3, -0.25) is 14.5 Å². The zero-order valence-electron chi connectivity index (χ0n) is 18.1. The van der Waals surface area contributed by atoms with Gasteiger partial charge in [0.05, 0.1) is 11.8 Å². The highest BCUT2D eigenvalue weighted by atomic mass is 35.5. The van der Waals surface area contributed by atoms with E-state index in [0.717, 1.165) is 25.5 Å². The molecule has 3 rings (SSSR count). The molecule has 8 heteroatoms. The normalized spacial score (nSPS) is 23.6. The van der Waals surface area contributed by atoms with Gasteiger partial charge in [0.15, 0.2) is 17.3 Å². The second-order valence-electron chi connectivity index (χ2n) is 8.29. The summed E-state index contributed by atoms with van der Waals surface area (Å²) in [4.78, 5) is 27.3. The van der Waals surface area contributed by atoms with Gasteiger partial charge in [0, 0.05) is 31.0 Å². The first-order valence-electron chi connectivity index (χ1n) is 11.2. The molecule has 0 radical (unpaired) electrons. The Bertz CT molecular complexity index is 756. The number of rotatable bonds is 7. The SMILES string of the molecule is COc1ccc(C(=O)CCC(=O)NC2SC(Cl)CN2C2CCCCCCCC2)cc1F. The standard InChI is InChI=1S/C23H32ClFN2O3S/c1-30-20-12-10-16(14-18(20)25)19(28)11-13-22(29)26-23-27(15-21(24)31-23)17-8-6-4-2-3-5-7-9-17/h10,12,14,17,21,23H,2-9,11,13,15H2,1H3,(H,26,29). The lowest BCUT2D eigenvalue weighted by Gasteiger charge is -2.32. The van der Waals surface area contributed by atoms with Crippen molar-refractivity contribution >= 4 is 35.1 Å². The topological polar surface area (TPSA) is 58.6 Å². The fourth-order valence-corrected chi connectivity index (χ4v) is 5.95. The summed E-state index contributed by atoms with van der Waals surface area (Å²) in [6.07, 6.45) is 9.96. The number of halogens is 2. The van der Waals surface area contributed by atoms with Gasteiger partial charge in [-0.15, -0.1) is 23.4 Å². The van der Waals surface area contributed by atoms with E-state index in [9.17, 15) is 14.0 Å². The molecular weight excluding hydrogens is 439 g/mol. The molecule has 31 heavy (non-hydrogen) atoms. The van der Waals surface area contributed by atoms with E-state index in [1.165, 1.54) is 57.8 Å². The average molecular weight is 471 g/mol. The van der Waals surface area contributed by atoms with Crippen molar-refractivity contribution in [2.24, 2.45) is 0 Å². The predicted octanol–water partition coefficient (Wildman–Crippen LogP) is 5.31. The Kier molecular flexibility index (Phi) is 9.48. The van der Waals surface area contributed by atoms with Crippen molar-refractivity contribution in [3.05, 3.63) is 29.6 Å². The molecule has 1 N–H and O–H groups in total. The van der Waals surface area contributed by atoms with Crippen molar-refractivity contribution < 1.29 is 18.7 Å². The third-order valence-electron chi connectivity index (χ3n) is 6.06. The van der Waals surface area contributed by atoms with Gasteiger partial charge in [-0.05, 0) is 31.0 Å². The van der Waals surface area contributed by atoms with Crippen LogP contribution in [0.4, 0.5) is 4.39 Å². The Hall–Kier alpha value is -1.31. The molecule has 1 heterocycles. The fourth-order valence-electron chi connectivity index (χ4n) is 4.34. The number of ether oxygens (including phenoxy) is 1. The third kappa shape index (κ3) is 7.09. The molecule has 0 bridgehead atoms. The monoisotopic (exact) mass is 470 g/mol. The van der Waals surface area contributed by atoms with Crippen molar-refractivity contribution in [2.75, 3.05) is 13.7 Å². The molecule has 1 amide bonds. The van der Waals surface area contributed by atoms with Gasteiger partial charge in [-0.25, -0.2) is 4.39 Å². The van der Waals surface area contributed by atoms with Crippen LogP contribution in [0.1, 0.15) is 74.6 Å². The Balaban J connectivity index is 1.53. The molecule has 1 aliphatic heterocycles. The number of benzene rings is 1. The van der Waals surface area contributed by atoms with Gasteiger partial charge < -0.3 is 10.1 Å². The van der Waals surface area contributed by atoms with E-state index in [1.807, 2.05) is 0 Å². The number of nitrogens with one attached hydrogen (secondary N) is 1. The maximum Gasteiger partial charge on any atom is 0.222 e. The van der Waals surface area contributed by atoms with Crippen molar-refractivity contribution in [3.63, 3.8) is 0 Å². The summed E-state index contributed by atoms with van der Waals surface area (Å²) in [5, 5.41) is 3.06. The number of nitrogens with zero attached hydrogens (tertiary/aromatic N) is 1. The van der Waals surface area contributed by atoms with Crippen LogP contribution < -0.4 is 10.1 Å². The largest absolute Gasteiger partial charge is 0.494 e. The third-order valence-corrected chi connectivity index (χ3v) is 7.60. The highest BCUT2D eigenvalue weighted by molar-refractivity contribution is 8.01. The van der Waals surface area contributed by atoms with Gasteiger partial charge in [0.2, 0.25) is 5.91 Å². The molecule has 172 valence electrons. The summed E-state index contributed by atoms with van der Waals surface area (Å²) in [6.45, 7) is 0.756. The van der Waals surface area contributed by atoms with E-state index >= 15 is 0 Å². The number of amides is 1. The molecule has 1 aromatic rings. The van der Waals surface area contributed by atoms with Gasteiger partial charge in [-0.2, -0.15) is 0 Å². The summed E-state index contributed by atoms with van der Waals surface area (Å²) in [5.41, 5.74) is 0.0867. The van der Waals surface area contributed by atoms with Crippen molar-refractivity contribution in [1.29, 1.82) is 0 Å². The minimum atomic E-state index is -0.584. The van der Waals surface area contributed by atoms with Gasteiger partial charge in [-0.1, -0.05) is 38.5 Å². The molecule has 2 aliphatic rings. The van der Waals surface area contributed by atoms with Crippen LogP contribution in [-0.4, -0.2) is 46.5 Å². The zero-order valence-corrected chi connectivity index (χ0v) is 19.7. The highest BCUT2D eigenvalue weighted by Gasteiger charge is 2.36. The lowest BCUT2D eigenvalue weighted by atomic mass is 10.0. The number of carbonyl (C=O) groups is 2. The van der Waals surface area contributed by atoms with Gasteiger partial charge >= 0.3 is 0 Å². The van der Waals surface area contributed by atoms with Crippen LogP contribution in [0.15, 0.2) is 18.2 Å². The van der Waals surface area contributed by atoms with Crippen molar-refractivity contribution in [2.45, 2.75) is 80.5 Å². The second-order valence-corrected chi connectivity index (χ2v) is 10.4. The van der Waals surface area contributed by atoms with Gasteiger partial charge in [0.1, 0.15) is 5.50 Å². The summed E-state index contributed by atoms with van der Waals surface area (Å²) in [7, 11) is 1.37. The maximum absolute atomic E-state index is 13.8. The summed E-state index contributed by atoms with van der Waals surface area (Å²) in [5.74, 6) is -0.940. The molecular formula is C23H32ClFN2O3S. The number of methoxy groups -OCH3 is 1. The molecule has 5 nitrogen and oxygen atoms in total. The quantitative estimate of drug-likeness (QED) is 0.432. The number of Topliss-reactive ketones (excluding diaryl/α,β-unsaturated/α-hetero) is 1. The van der Waals surface area contributed by atoms with Crippen LogP contribution in [0.25, 0.3) is 0 Å². The molecule has 1 aliphatic carbocycles. The molecule has 2 fully saturated rings. The van der Waals surface area contributed by atoms with E-state index in [1.54, 1.807) is 11.8 Å².